The van der Waals surface area contributed by atoms with Crippen LogP contribution in [0, 0.1) is 42.9 Å². The first-order valence-electron chi connectivity index (χ1n) is 14.7. The second-order valence-corrected chi connectivity index (χ2v) is 12.5. The molecule has 0 spiro atoms. The van der Waals surface area contributed by atoms with Crippen molar-refractivity contribution in [1.29, 1.82) is 5.26 Å². The topological polar surface area (TPSA) is 98.9 Å². The summed E-state index contributed by atoms with van der Waals surface area (Å²) in [6.07, 6.45) is 3.92. The van der Waals surface area contributed by atoms with E-state index in [9.17, 15) is 4.79 Å². The molecule has 8 nitrogen and oxygen atoms in total. The van der Waals surface area contributed by atoms with Crippen LogP contribution >= 0.6 is 11.3 Å². The number of carbonyl (C=O) groups is 1. The molecule has 1 aromatic heterocycles. The van der Waals surface area contributed by atoms with Gasteiger partial charge in [0.25, 0.3) is 5.91 Å². The molecule has 3 heterocycles. The first-order valence-corrected chi connectivity index (χ1v) is 15.6. The third-order valence-electron chi connectivity index (χ3n) is 8.66. The van der Waals surface area contributed by atoms with E-state index in [1.54, 1.807) is 23.3 Å². The molecule has 3 fully saturated rings. The van der Waals surface area contributed by atoms with Crippen molar-refractivity contribution in [2.75, 3.05) is 45.0 Å². The number of anilines is 1. The molecule has 42 heavy (non-hydrogen) atoms. The van der Waals surface area contributed by atoms with Crippen LogP contribution in [0.3, 0.4) is 0 Å². The zero-order chi connectivity index (χ0) is 29.6. The van der Waals surface area contributed by atoms with E-state index >= 15 is 0 Å². The van der Waals surface area contributed by atoms with Gasteiger partial charge in [0.1, 0.15) is 19.1 Å². The van der Waals surface area contributed by atoms with Crippen LogP contribution in [-0.4, -0.2) is 61.0 Å². The number of aryl methyl sites for hydroxylation is 2. The van der Waals surface area contributed by atoms with E-state index in [-0.39, 0.29) is 12.7 Å². The minimum Gasteiger partial charge on any atom is -0.488 e. The summed E-state index contributed by atoms with van der Waals surface area (Å²) in [6, 6.07) is 13.9. The number of aromatic nitrogens is 1. The fourth-order valence-corrected chi connectivity index (χ4v) is 7.10. The molecular formula is C33H40N4O4S. The lowest BCUT2D eigenvalue weighted by atomic mass is 9.76. The molecule has 2 bridgehead atoms. The fraction of sp³-hybridized carbons (Fsp3) is 0.485. The van der Waals surface area contributed by atoms with Gasteiger partial charge < -0.3 is 24.4 Å². The van der Waals surface area contributed by atoms with Crippen LogP contribution in [-0.2, 0) is 11.3 Å². The highest BCUT2D eigenvalue weighted by Gasteiger charge is 2.37. The Bertz CT molecular complexity index is 1430. The maximum Gasteiger partial charge on any atom is 0.253 e. The molecule has 0 radical (unpaired) electrons. The number of amides is 1. The molecule has 1 N–H and O–H groups in total. The number of ether oxygens (including phenoxy) is 2. The van der Waals surface area contributed by atoms with Gasteiger partial charge in [0.2, 0.25) is 0 Å². The average Bonchev–Trinajstić information content (AvgIpc) is 3.31. The van der Waals surface area contributed by atoms with E-state index in [2.05, 4.69) is 35.4 Å². The summed E-state index contributed by atoms with van der Waals surface area (Å²) < 4.78 is 11.8. The average molecular weight is 589 g/mol. The predicted octanol–water partition coefficient (Wildman–Crippen LogP) is 5.81. The lowest BCUT2D eigenvalue weighted by Crippen LogP contribution is -2.30. The molecule has 0 unspecified atom stereocenters. The summed E-state index contributed by atoms with van der Waals surface area (Å²) >= 11 is 1.69. The van der Waals surface area contributed by atoms with Crippen molar-refractivity contribution >= 4 is 22.4 Å². The van der Waals surface area contributed by atoms with Gasteiger partial charge in [-0.25, -0.2) is 4.98 Å². The number of aliphatic hydroxyl groups is 1. The lowest BCUT2D eigenvalue weighted by Gasteiger charge is -2.31. The van der Waals surface area contributed by atoms with Gasteiger partial charge in [-0.05, 0) is 86.3 Å². The van der Waals surface area contributed by atoms with Crippen molar-refractivity contribution in [3.8, 4) is 23.1 Å². The number of thiazole rings is 1. The van der Waals surface area contributed by atoms with Gasteiger partial charge in [-0.15, -0.1) is 11.3 Å². The van der Waals surface area contributed by atoms with E-state index in [0.717, 1.165) is 58.3 Å². The number of aliphatic hydroxyl groups excluding tert-OH is 1. The maximum atomic E-state index is 12.7. The molecule has 1 aliphatic carbocycles. The second kappa shape index (κ2) is 13.7. The number of benzene rings is 2. The van der Waals surface area contributed by atoms with Crippen molar-refractivity contribution in [3.05, 3.63) is 64.0 Å². The molecule has 1 amide bonds. The smallest absolute Gasteiger partial charge is 0.253 e. The molecule has 6 rings (SSSR count). The Labute approximate surface area is 252 Å². The summed E-state index contributed by atoms with van der Waals surface area (Å²) in [5, 5.41) is 21.1. The zero-order valence-corrected chi connectivity index (χ0v) is 25.5. The highest BCUT2D eigenvalue weighted by atomic mass is 32.1. The summed E-state index contributed by atoms with van der Waals surface area (Å²) in [7, 11) is 1.72. The standard InChI is InChI=1S/C33H40N4O4S/c1-22-5-10-31(41-19-27-9-8-25(14-23(27)2)32(39)36(3)12-4-11-34)29(13-22)30-20-42-33(35-30)37-16-24-6-7-26(17-37)28(15-24)18-40-21-38/h5,8-10,13-14,20,24,26,28,38H,4,6-7,12,15-19,21H2,1-3H3/t24-,26+,28-/m0/s1. The molecule has 222 valence electrons. The van der Waals surface area contributed by atoms with Crippen LogP contribution in [0.1, 0.15) is 52.7 Å². The quantitative estimate of drug-likeness (QED) is 0.282. The lowest BCUT2D eigenvalue weighted by molar-refractivity contribution is -0.0335. The Morgan fingerprint density at radius 2 is 2.07 bits per heavy atom. The molecular weight excluding hydrogens is 548 g/mol. The third-order valence-corrected chi connectivity index (χ3v) is 9.56. The van der Waals surface area contributed by atoms with Gasteiger partial charge in [-0.1, -0.05) is 17.7 Å². The van der Waals surface area contributed by atoms with Gasteiger partial charge in [0, 0.05) is 43.2 Å². The molecule has 3 aliphatic rings. The van der Waals surface area contributed by atoms with Crippen LogP contribution in [0.25, 0.3) is 11.3 Å². The molecule has 2 aliphatic heterocycles. The minimum atomic E-state index is -0.208. The molecule has 3 atom stereocenters. The minimum absolute atomic E-state index is 0.0904. The summed E-state index contributed by atoms with van der Waals surface area (Å²) in [5.41, 5.74) is 5.65. The highest BCUT2D eigenvalue weighted by Crippen LogP contribution is 2.42. The Hall–Kier alpha value is -3.45. The van der Waals surface area contributed by atoms with Gasteiger partial charge in [-0.2, -0.15) is 5.26 Å². The van der Waals surface area contributed by atoms with Crippen LogP contribution in [0.5, 0.6) is 5.75 Å². The van der Waals surface area contributed by atoms with Crippen molar-refractivity contribution in [1.82, 2.24) is 9.88 Å². The number of nitrogens with zero attached hydrogens (tertiary/aromatic N) is 4. The number of rotatable bonds is 11. The molecule has 3 aromatic rings. The maximum absolute atomic E-state index is 12.7. The molecule has 2 aromatic carbocycles. The summed E-state index contributed by atoms with van der Waals surface area (Å²) in [5.74, 6) is 2.38. The molecule has 9 heteroatoms. The number of hydrogen-bond acceptors (Lipinski definition) is 8. The van der Waals surface area contributed by atoms with E-state index in [1.807, 2.05) is 31.2 Å². The SMILES string of the molecule is Cc1ccc(OCc2ccc(C(=O)N(C)CCC#N)cc2C)c(-c2csc(N3C[C@H]4CC[C@H](C3)[C@H](COCO)C4)n2)c1. The molecule has 2 saturated heterocycles. The van der Waals surface area contributed by atoms with E-state index in [1.165, 1.54) is 12.8 Å². The van der Waals surface area contributed by atoms with Gasteiger partial charge >= 0.3 is 0 Å². The number of nitriles is 1. The highest BCUT2D eigenvalue weighted by molar-refractivity contribution is 7.14. The summed E-state index contributed by atoms with van der Waals surface area (Å²) in [4.78, 5) is 21.9. The Morgan fingerprint density at radius 3 is 2.86 bits per heavy atom. The van der Waals surface area contributed by atoms with Crippen molar-refractivity contribution < 1.29 is 19.4 Å². The fourth-order valence-electron chi connectivity index (χ4n) is 6.25. The molecule has 1 saturated carbocycles. The third kappa shape index (κ3) is 6.95. The first-order chi connectivity index (χ1) is 20.4. The van der Waals surface area contributed by atoms with Crippen LogP contribution in [0.4, 0.5) is 5.13 Å². The van der Waals surface area contributed by atoms with E-state index < -0.39 is 0 Å². The van der Waals surface area contributed by atoms with Crippen LogP contribution in [0.2, 0.25) is 0 Å². The Balaban J connectivity index is 1.29. The van der Waals surface area contributed by atoms with Gasteiger partial charge in [0.05, 0.1) is 24.8 Å². The first kappa shape index (κ1) is 30.0. The van der Waals surface area contributed by atoms with Crippen molar-refractivity contribution in [2.24, 2.45) is 17.8 Å². The number of carbonyl (C=O) groups excluding carboxylic acids is 1. The van der Waals surface area contributed by atoms with E-state index in [4.69, 9.17) is 24.8 Å². The van der Waals surface area contributed by atoms with Crippen LogP contribution in [0.15, 0.2) is 41.8 Å². The number of hydrogen-bond donors (Lipinski definition) is 1. The van der Waals surface area contributed by atoms with Crippen molar-refractivity contribution in [3.63, 3.8) is 0 Å². The predicted molar refractivity (Wildman–Crippen MR) is 165 cm³/mol. The Morgan fingerprint density at radius 1 is 1.21 bits per heavy atom. The summed E-state index contributed by atoms with van der Waals surface area (Å²) in [6.45, 7) is 7.28. The largest absolute Gasteiger partial charge is 0.488 e. The van der Waals surface area contributed by atoms with Crippen LogP contribution < -0.4 is 9.64 Å². The van der Waals surface area contributed by atoms with E-state index in [0.29, 0.717) is 49.5 Å². The van der Waals surface area contributed by atoms with Gasteiger partial charge in [-0.3, -0.25) is 4.79 Å². The van der Waals surface area contributed by atoms with Gasteiger partial charge in [0.15, 0.2) is 5.13 Å². The zero-order valence-electron chi connectivity index (χ0n) is 24.7. The second-order valence-electron chi connectivity index (χ2n) is 11.7. The normalized spacial score (nSPS) is 19.8. The van der Waals surface area contributed by atoms with Crippen molar-refractivity contribution in [2.45, 2.75) is 46.1 Å². The Kier molecular flexibility index (Phi) is 9.78. The monoisotopic (exact) mass is 588 g/mol. The number of fused-ring (bicyclic) bond motifs is 4.